The van der Waals surface area contributed by atoms with E-state index in [0.717, 1.165) is 43.4 Å². The number of ether oxygens (including phenoxy) is 2. The number of hydrogen-bond donors (Lipinski definition) is 1. The van der Waals surface area contributed by atoms with Gasteiger partial charge in [-0.1, -0.05) is 34.1 Å². The van der Waals surface area contributed by atoms with Crippen LogP contribution in [0, 0.1) is 45.3 Å². The molecule has 4 nitrogen and oxygen atoms in total. The predicted octanol–water partition coefficient (Wildman–Crippen LogP) is 7.19. The molecule has 0 aromatic carbocycles. The molecule has 1 N–H and O–H groups in total. The lowest BCUT2D eigenvalue weighted by Crippen LogP contribution is -2.50. The van der Waals surface area contributed by atoms with Gasteiger partial charge in [-0.2, -0.15) is 0 Å². The fraction of sp³-hybridized carbons (Fsp3) is 0.906. The first-order valence-electron chi connectivity index (χ1n) is 15.1. The largest absolute Gasteiger partial charge is 0.491 e. The van der Waals surface area contributed by atoms with E-state index >= 15 is 0 Å². The minimum atomic E-state index is -1.14. The molecule has 4 saturated carbocycles. The van der Waals surface area contributed by atoms with E-state index in [1.807, 2.05) is 0 Å². The van der Waals surface area contributed by atoms with Gasteiger partial charge in [0.25, 0.3) is 0 Å². The first-order chi connectivity index (χ1) is 16.8. The van der Waals surface area contributed by atoms with Gasteiger partial charge < -0.3 is 14.6 Å². The second-order valence-corrected chi connectivity index (χ2v) is 15.2. The molecule has 0 saturated heterocycles. The number of rotatable bonds is 3. The van der Waals surface area contributed by atoms with Gasteiger partial charge in [0.1, 0.15) is 6.10 Å². The lowest BCUT2D eigenvalue weighted by atomic mass is 9.46. The van der Waals surface area contributed by atoms with Crippen LogP contribution in [-0.2, 0) is 14.3 Å². The molecule has 5 aliphatic carbocycles. The Bertz CT molecular complexity index is 973. The molecule has 36 heavy (non-hydrogen) atoms. The first-order valence-corrected chi connectivity index (χ1v) is 15.1. The molecule has 4 fully saturated rings. The number of allylic oxidation sites excluding steroid dienone is 2. The molecule has 6 rings (SSSR count). The van der Waals surface area contributed by atoms with E-state index in [4.69, 9.17) is 9.47 Å². The van der Waals surface area contributed by atoms with E-state index in [2.05, 4.69) is 27.7 Å². The van der Waals surface area contributed by atoms with Gasteiger partial charge in [0.2, 0.25) is 0 Å². The van der Waals surface area contributed by atoms with E-state index in [1.165, 1.54) is 57.6 Å². The maximum atomic E-state index is 11.9. The summed E-state index contributed by atoms with van der Waals surface area (Å²) in [6, 6.07) is 0. The van der Waals surface area contributed by atoms with Crippen LogP contribution in [0.2, 0.25) is 0 Å². The quantitative estimate of drug-likeness (QED) is 0.418. The Morgan fingerprint density at radius 3 is 2.47 bits per heavy atom. The van der Waals surface area contributed by atoms with E-state index in [1.54, 1.807) is 19.4 Å². The average Bonchev–Trinajstić information content (AvgIpc) is 3.27. The van der Waals surface area contributed by atoms with E-state index in [-0.39, 0.29) is 17.5 Å². The van der Waals surface area contributed by atoms with Crippen LogP contribution in [0.25, 0.3) is 0 Å². The number of hydrogen-bond acceptors (Lipinski definition) is 4. The molecule has 202 valence electrons. The molecule has 9 atom stereocenters. The second kappa shape index (κ2) is 7.76. The summed E-state index contributed by atoms with van der Waals surface area (Å²) in [5.41, 5.74) is 2.30. The lowest BCUT2D eigenvalue weighted by Gasteiger charge is -2.58. The van der Waals surface area contributed by atoms with Crippen molar-refractivity contribution in [3.63, 3.8) is 0 Å². The fourth-order valence-electron chi connectivity index (χ4n) is 11.8. The second-order valence-electron chi connectivity index (χ2n) is 15.2. The van der Waals surface area contributed by atoms with Crippen molar-refractivity contribution in [1.82, 2.24) is 0 Å². The molecule has 4 heteroatoms. The molecule has 3 unspecified atom stereocenters. The van der Waals surface area contributed by atoms with Crippen molar-refractivity contribution >= 4 is 5.97 Å². The molecular weight excluding hydrogens is 448 g/mol. The van der Waals surface area contributed by atoms with Gasteiger partial charge in [0.15, 0.2) is 6.10 Å². The van der Waals surface area contributed by atoms with E-state index in [9.17, 15) is 9.90 Å². The normalized spacial score (nSPS) is 47.7. The van der Waals surface area contributed by atoms with Crippen LogP contribution < -0.4 is 0 Å². The van der Waals surface area contributed by atoms with Gasteiger partial charge in [-0.05, 0) is 123 Å². The van der Waals surface area contributed by atoms with Crippen molar-refractivity contribution in [2.75, 3.05) is 0 Å². The average molecular weight is 499 g/mol. The van der Waals surface area contributed by atoms with Crippen LogP contribution in [0.15, 0.2) is 11.3 Å². The number of carbonyl (C=O) groups is 1. The predicted molar refractivity (Wildman–Crippen MR) is 141 cm³/mol. The molecule has 6 aliphatic rings. The first kappa shape index (κ1) is 25.3. The molecule has 0 amide bonds. The Morgan fingerprint density at radius 1 is 1.03 bits per heavy atom. The van der Waals surface area contributed by atoms with E-state index < -0.39 is 11.7 Å². The van der Waals surface area contributed by atoms with Crippen LogP contribution in [0.5, 0.6) is 0 Å². The standard InChI is InChI=1S/C32H50O4/c1-19-31-17-16-30(7)22-10-8-11-24(27(29(5,6)34)35-20(2)33)36-25(22)18-23(30)21(31)12-13-26-28(3,4)14-9-15-32(19,26)31/h19,21,23-24,26-27,34H,8-18H2,1-7H3/t19-,21-,23?,24+,26?,27+,30+,31-,32?/m0/s1. The molecular formula is C32H50O4. The molecule has 0 bridgehead atoms. The lowest BCUT2D eigenvalue weighted by molar-refractivity contribution is -0.175. The summed E-state index contributed by atoms with van der Waals surface area (Å²) in [6.07, 6.45) is 12.9. The summed E-state index contributed by atoms with van der Waals surface area (Å²) in [4.78, 5) is 11.9. The summed E-state index contributed by atoms with van der Waals surface area (Å²) >= 11 is 0. The third kappa shape index (κ3) is 3.12. The Kier molecular flexibility index (Phi) is 5.45. The monoisotopic (exact) mass is 498 g/mol. The number of esters is 1. The van der Waals surface area contributed by atoms with Gasteiger partial charge in [0, 0.05) is 13.3 Å². The highest BCUT2D eigenvalue weighted by Crippen LogP contribution is 2.89. The van der Waals surface area contributed by atoms with Crippen molar-refractivity contribution in [3.05, 3.63) is 11.3 Å². The van der Waals surface area contributed by atoms with Gasteiger partial charge in [-0.15, -0.1) is 0 Å². The third-order valence-corrected chi connectivity index (χ3v) is 13.1. The van der Waals surface area contributed by atoms with Gasteiger partial charge in [-0.25, -0.2) is 0 Å². The molecule has 0 radical (unpaired) electrons. The summed E-state index contributed by atoms with van der Waals surface area (Å²) in [7, 11) is 0. The SMILES string of the molecule is CC(=O)O[C@H]([C@H]1CCCC2=C(CC3[C@@H]4CCC5C(C)(C)CCCC56[C@@H](C)[C@@]46CC[C@]23C)O1)C(C)(C)O. The van der Waals surface area contributed by atoms with Crippen LogP contribution in [0.3, 0.4) is 0 Å². The zero-order valence-electron chi connectivity index (χ0n) is 23.9. The number of carbonyl (C=O) groups excluding carboxylic acids is 1. The molecule has 1 heterocycles. The summed E-state index contributed by atoms with van der Waals surface area (Å²) < 4.78 is 12.5. The van der Waals surface area contributed by atoms with Crippen molar-refractivity contribution in [3.8, 4) is 0 Å². The van der Waals surface area contributed by atoms with Crippen LogP contribution >= 0.6 is 0 Å². The highest BCUT2D eigenvalue weighted by atomic mass is 16.6. The van der Waals surface area contributed by atoms with Crippen LogP contribution in [-0.4, -0.2) is 28.9 Å². The summed E-state index contributed by atoms with van der Waals surface area (Å²) in [5.74, 6) is 4.10. The molecule has 1 aliphatic heterocycles. The minimum absolute atomic E-state index is 0.242. The van der Waals surface area contributed by atoms with E-state index in [0.29, 0.717) is 22.2 Å². The number of aliphatic hydroxyl groups is 1. The summed E-state index contributed by atoms with van der Waals surface area (Å²) in [6.45, 7) is 15.2. The number of fused-ring (bicyclic) bond motifs is 3. The van der Waals surface area contributed by atoms with Crippen LogP contribution in [0.4, 0.5) is 0 Å². The molecule has 0 aromatic rings. The smallest absolute Gasteiger partial charge is 0.303 e. The maximum absolute atomic E-state index is 11.9. The summed E-state index contributed by atoms with van der Waals surface area (Å²) in [5, 5.41) is 10.9. The topological polar surface area (TPSA) is 55.8 Å². The van der Waals surface area contributed by atoms with Gasteiger partial charge in [0.05, 0.1) is 11.4 Å². The molecule has 0 aromatic heterocycles. The zero-order valence-corrected chi connectivity index (χ0v) is 23.9. The molecule has 2 spiro atoms. The van der Waals surface area contributed by atoms with Gasteiger partial charge >= 0.3 is 5.97 Å². The van der Waals surface area contributed by atoms with Crippen molar-refractivity contribution in [2.45, 2.75) is 137 Å². The Labute approximate surface area is 219 Å². The zero-order chi connectivity index (χ0) is 25.9. The Morgan fingerprint density at radius 2 is 1.78 bits per heavy atom. The fourth-order valence-corrected chi connectivity index (χ4v) is 11.8. The Balaban J connectivity index is 1.30. The van der Waals surface area contributed by atoms with Crippen molar-refractivity contribution in [1.29, 1.82) is 0 Å². The minimum Gasteiger partial charge on any atom is -0.491 e. The van der Waals surface area contributed by atoms with Gasteiger partial charge in [-0.3, -0.25) is 4.79 Å². The van der Waals surface area contributed by atoms with Crippen LogP contribution in [0.1, 0.15) is 119 Å². The Hall–Kier alpha value is -1.03. The highest BCUT2D eigenvalue weighted by molar-refractivity contribution is 5.66. The maximum Gasteiger partial charge on any atom is 0.303 e. The third-order valence-electron chi connectivity index (χ3n) is 13.1. The van der Waals surface area contributed by atoms with Crippen molar-refractivity contribution in [2.24, 2.45) is 45.3 Å². The highest BCUT2D eigenvalue weighted by Gasteiger charge is 2.83. The van der Waals surface area contributed by atoms with Crippen molar-refractivity contribution < 1.29 is 19.4 Å².